The van der Waals surface area contributed by atoms with E-state index in [0.29, 0.717) is 10.3 Å². The largest absolute Gasteiger partial charge is 0.481 e. The van der Waals surface area contributed by atoms with Gasteiger partial charge in [0.05, 0.1) is 20.4 Å². The van der Waals surface area contributed by atoms with Crippen molar-refractivity contribution in [3.63, 3.8) is 0 Å². The molecule has 0 unspecified atom stereocenters. The van der Waals surface area contributed by atoms with Gasteiger partial charge in [-0.15, -0.1) is 0 Å². The van der Waals surface area contributed by atoms with Crippen molar-refractivity contribution >= 4 is 65.3 Å². The van der Waals surface area contributed by atoms with Crippen LogP contribution in [0.15, 0.2) is 36.4 Å². The summed E-state index contributed by atoms with van der Waals surface area (Å²) in [5.41, 5.74) is 15.6. The SMILES string of the molecule is Cc1ccc2nc(N)sc2c1.Cc1ccc2nc(N)sc2c1.O=C(O)CCCCCCCCC(=O)O. The molecule has 194 valence electrons. The number of carbonyl (C=O) groups is 2. The van der Waals surface area contributed by atoms with Crippen LogP contribution in [0.2, 0.25) is 0 Å². The van der Waals surface area contributed by atoms with Gasteiger partial charge in [0.25, 0.3) is 0 Å². The van der Waals surface area contributed by atoms with E-state index in [1.54, 1.807) is 0 Å². The van der Waals surface area contributed by atoms with E-state index in [9.17, 15) is 9.59 Å². The van der Waals surface area contributed by atoms with E-state index in [0.717, 1.165) is 49.6 Å². The van der Waals surface area contributed by atoms with Crippen LogP contribution in [0.1, 0.15) is 62.5 Å². The molecule has 6 N–H and O–H groups in total. The minimum Gasteiger partial charge on any atom is -0.481 e. The Hall–Kier alpha value is -3.24. The number of benzene rings is 2. The third-order valence-electron chi connectivity index (χ3n) is 5.15. The van der Waals surface area contributed by atoms with Gasteiger partial charge in [0, 0.05) is 12.8 Å². The van der Waals surface area contributed by atoms with Crippen LogP contribution in [-0.2, 0) is 9.59 Å². The summed E-state index contributed by atoms with van der Waals surface area (Å²) in [4.78, 5) is 28.6. The summed E-state index contributed by atoms with van der Waals surface area (Å²) in [5, 5.41) is 18.0. The Morgan fingerprint density at radius 2 is 1.06 bits per heavy atom. The van der Waals surface area contributed by atoms with Crippen molar-refractivity contribution in [2.75, 3.05) is 11.5 Å². The van der Waals surface area contributed by atoms with Gasteiger partial charge in [0.1, 0.15) is 0 Å². The molecule has 0 spiro atoms. The molecule has 0 saturated heterocycles. The van der Waals surface area contributed by atoms with E-state index in [-0.39, 0.29) is 12.8 Å². The van der Waals surface area contributed by atoms with Gasteiger partial charge in [-0.3, -0.25) is 9.59 Å². The third-order valence-corrected chi connectivity index (χ3v) is 6.85. The zero-order valence-corrected chi connectivity index (χ0v) is 22.3. The lowest BCUT2D eigenvalue weighted by atomic mass is 10.1. The molecule has 4 rings (SSSR count). The standard InChI is InChI=1S/C10H18O4.2C8H8N2S/c11-9(12)7-5-3-1-2-4-6-8-10(13)14;2*1-5-2-3-6-7(4-5)11-8(9)10-6/h1-8H2,(H,11,12)(H,13,14);2*2-4H,1H3,(H2,9,10). The van der Waals surface area contributed by atoms with Crippen LogP contribution in [0.3, 0.4) is 0 Å². The van der Waals surface area contributed by atoms with Crippen LogP contribution in [0, 0.1) is 13.8 Å². The molecule has 8 nitrogen and oxygen atoms in total. The molecule has 0 aliphatic carbocycles. The number of fused-ring (bicyclic) bond motifs is 2. The first-order chi connectivity index (χ1) is 17.1. The number of nitrogens with zero attached hydrogens (tertiary/aromatic N) is 2. The molecule has 0 aliphatic heterocycles. The van der Waals surface area contributed by atoms with E-state index >= 15 is 0 Å². The maximum atomic E-state index is 10.1. The van der Waals surface area contributed by atoms with Crippen molar-refractivity contribution in [1.29, 1.82) is 0 Å². The van der Waals surface area contributed by atoms with Crippen LogP contribution in [0.25, 0.3) is 20.4 Å². The second-order valence-electron chi connectivity index (χ2n) is 8.46. The van der Waals surface area contributed by atoms with Crippen LogP contribution >= 0.6 is 22.7 Å². The molecule has 0 atom stereocenters. The first kappa shape index (κ1) is 29.0. The average Bonchev–Trinajstić information content (AvgIpc) is 3.35. The van der Waals surface area contributed by atoms with Gasteiger partial charge in [0.2, 0.25) is 0 Å². The maximum absolute atomic E-state index is 10.1. The number of anilines is 2. The molecule has 10 heteroatoms. The highest BCUT2D eigenvalue weighted by Crippen LogP contribution is 2.24. The Kier molecular flexibility index (Phi) is 12.1. The first-order valence-electron chi connectivity index (χ1n) is 11.8. The van der Waals surface area contributed by atoms with E-state index in [4.69, 9.17) is 21.7 Å². The molecule has 0 amide bonds. The van der Waals surface area contributed by atoms with E-state index in [1.807, 2.05) is 24.3 Å². The number of carboxylic acids is 2. The number of rotatable bonds is 9. The van der Waals surface area contributed by atoms with Gasteiger partial charge < -0.3 is 21.7 Å². The van der Waals surface area contributed by atoms with Crippen LogP contribution < -0.4 is 11.5 Å². The van der Waals surface area contributed by atoms with E-state index in [1.165, 1.54) is 43.2 Å². The Balaban J connectivity index is 0.000000191. The van der Waals surface area contributed by atoms with Gasteiger partial charge in [-0.1, -0.05) is 60.5 Å². The fraction of sp³-hybridized carbons (Fsp3) is 0.385. The van der Waals surface area contributed by atoms with Gasteiger partial charge in [-0.25, -0.2) is 9.97 Å². The summed E-state index contributed by atoms with van der Waals surface area (Å²) in [7, 11) is 0. The second kappa shape index (κ2) is 15.0. The number of carboxylic acid groups (broad SMARTS) is 2. The number of unbranched alkanes of at least 4 members (excludes halogenated alkanes) is 5. The summed E-state index contributed by atoms with van der Waals surface area (Å²) in [5.74, 6) is -1.48. The maximum Gasteiger partial charge on any atom is 0.303 e. The molecule has 2 aromatic heterocycles. The van der Waals surface area contributed by atoms with Crippen molar-refractivity contribution in [2.24, 2.45) is 0 Å². The van der Waals surface area contributed by atoms with Crippen molar-refractivity contribution < 1.29 is 19.8 Å². The second-order valence-corrected chi connectivity index (χ2v) is 10.6. The Morgan fingerprint density at radius 3 is 1.42 bits per heavy atom. The van der Waals surface area contributed by atoms with E-state index < -0.39 is 11.9 Å². The minimum atomic E-state index is -0.740. The molecule has 2 heterocycles. The number of aliphatic carboxylic acids is 2. The Bertz CT molecular complexity index is 1170. The molecule has 2 aromatic carbocycles. The lowest BCUT2D eigenvalue weighted by Crippen LogP contribution is -1.94. The molecule has 0 radical (unpaired) electrons. The summed E-state index contributed by atoms with van der Waals surface area (Å²) in [6.07, 6.45) is 5.82. The van der Waals surface area contributed by atoms with Crippen LogP contribution in [0.5, 0.6) is 0 Å². The molecule has 36 heavy (non-hydrogen) atoms. The third kappa shape index (κ3) is 11.0. The lowest BCUT2D eigenvalue weighted by Gasteiger charge is -1.98. The summed E-state index contributed by atoms with van der Waals surface area (Å²) >= 11 is 3.07. The zero-order valence-electron chi connectivity index (χ0n) is 20.7. The van der Waals surface area contributed by atoms with Crippen LogP contribution in [0.4, 0.5) is 10.3 Å². The highest BCUT2D eigenvalue weighted by molar-refractivity contribution is 7.22. The summed E-state index contributed by atoms with van der Waals surface area (Å²) in [6, 6.07) is 12.3. The number of hydrogen-bond acceptors (Lipinski definition) is 8. The number of aryl methyl sites for hydroxylation is 2. The Labute approximate surface area is 219 Å². The van der Waals surface area contributed by atoms with Gasteiger partial charge in [-0.2, -0.15) is 0 Å². The zero-order chi connectivity index (χ0) is 26.5. The highest BCUT2D eigenvalue weighted by atomic mass is 32.1. The summed E-state index contributed by atoms with van der Waals surface area (Å²) in [6.45, 7) is 4.13. The fourth-order valence-electron chi connectivity index (χ4n) is 3.36. The number of aromatic nitrogens is 2. The summed E-state index contributed by atoms with van der Waals surface area (Å²) < 4.78 is 2.34. The highest BCUT2D eigenvalue weighted by Gasteiger charge is 2.00. The van der Waals surface area contributed by atoms with Gasteiger partial charge in [-0.05, 0) is 62.1 Å². The molecule has 0 fully saturated rings. The molecule has 0 bridgehead atoms. The van der Waals surface area contributed by atoms with Gasteiger partial charge >= 0.3 is 11.9 Å². The smallest absolute Gasteiger partial charge is 0.303 e. The van der Waals surface area contributed by atoms with Crippen molar-refractivity contribution in [3.05, 3.63) is 47.5 Å². The van der Waals surface area contributed by atoms with Crippen LogP contribution in [-0.4, -0.2) is 32.1 Å². The number of thiazole rings is 2. The normalized spacial score (nSPS) is 10.4. The fourth-order valence-corrected chi connectivity index (χ4v) is 5.02. The van der Waals surface area contributed by atoms with Crippen molar-refractivity contribution in [3.8, 4) is 0 Å². The quantitative estimate of drug-likeness (QED) is 0.175. The first-order valence-corrected chi connectivity index (χ1v) is 13.5. The average molecular weight is 531 g/mol. The van der Waals surface area contributed by atoms with Crippen molar-refractivity contribution in [2.45, 2.75) is 65.2 Å². The molecular weight excluding hydrogens is 496 g/mol. The number of nitrogens with two attached hydrogens (primary N) is 2. The molecule has 4 aromatic rings. The Morgan fingerprint density at radius 1 is 0.694 bits per heavy atom. The van der Waals surface area contributed by atoms with Gasteiger partial charge in [0.15, 0.2) is 10.3 Å². The lowest BCUT2D eigenvalue weighted by molar-refractivity contribution is -0.138. The number of nitrogen functional groups attached to an aromatic ring is 2. The molecular formula is C26H34N4O4S2. The monoisotopic (exact) mass is 530 g/mol. The molecule has 0 saturated carbocycles. The number of hydrogen-bond donors (Lipinski definition) is 4. The predicted octanol–water partition coefficient (Wildman–Crippen LogP) is 6.65. The topological polar surface area (TPSA) is 152 Å². The molecule has 0 aliphatic rings. The minimum absolute atomic E-state index is 0.245. The predicted molar refractivity (Wildman–Crippen MR) is 150 cm³/mol. The van der Waals surface area contributed by atoms with E-state index in [2.05, 4.69) is 35.9 Å². The van der Waals surface area contributed by atoms with Crippen molar-refractivity contribution in [1.82, 2.24) is 9.97 Å².